The zero-order valence-electron chi connectivity index (χ0n) is 14.1. The summed E-state index contributed by atoms with van der Waals surface area (Å²) < 4.78 is 11.5. The van der Waals surface area contributed by atoms with Crippen molar-refractivity contribution in [3.05, 3.63) is 0 Å². The Labute approximate surface area is 135 Å². The van der Waals surface area contributed by atoms with Gasteiger partial charge in [-0.25, -0.2) is 0 Å². The molecule has 2 aliphatic heterocycles. The van der Waals surface area contributed by atoms with Crippen molar-refractivity contribution >= 4 is 0 Å². The topological polar surface area (TPSA) is 63.0 Å². The average Bonchev–Trinajstić information content (AvgIpc) is 2.44. The van der Waals surface area contributed by atoms with Crippen molar-refractivity contribution in [3.63, 3.8) is 0 Å². The standard InChI is InChI=1S/C16H34N4O2/c1-2-3-7-22-16-10-20(11-16)14-18-5-4-6-21-12-15-8-19(9-15)13-17/h15-16,18H,2-14,17H2,1H3. The molecule has 6 nitrogen and oxygen atoms in total. The first-order valence-electron chi connectivity index (χ1n) is 8.86. The van der Waals surface area contributed by atoms with Crippen LogP contribution in [0.5, 0.6) is 0 Å². The minimum atomic E-state index is 0.465. The number of nitrogens with two attached hydrogens (primary N) is 1. The molecule has 130 valence electrons. The summed E-state index contributed by atoms with van der Waals surface area (Å²) >= 11 is 0. The van der Waals surface area contributed by atoms with Crippen molar-refractivity contribution in [3.8, 4) is 0 Å². The molecule has 0 aliphatic carbocycles. The number of unbranched alkanes of at least 4 members (excludes halogenated alkanes) is 1. The fourth-order valence-electron chi connectivity index (χ4n) is 2.87. The lowest BCUT2D eigenvalue weighted by atomic mass is 10.0. The highest BCUT2D eigenvalue weighted by Gasteiger charge is 2.26. The molecule has 0 aromatic carbocycles. The first-order valence-corrected chi connectivity index (χ1v) is 8.86. The van der Waals surface area contributed by atoms with Gasteiger partial charge in [0, 0.05) is 58.6 Å². The summed E-state index contributed by atoms with van der Waals surface area (Å²) in [6.45, 7) is 11.9. The normalized spacial score (nSPS) is 21.0. The highest BCUT2D eigenvalue weighted by Crippen LogP contribution is 2.13. The molecule has 2 heterocycles. The van der Waals surface area contributed by atoms with Gasteiger partial charge in [-0.3, -0.25) is 9.80 Å². The molecule has 0 spiro atoms. The molecule has 2 saturated heterocycles. The Morgan fingerprint density at radius 2 is 1.91 bits per heavy atom. The van der Waals surface area contributed by atoms with Crippen LogP contribution in [0.3, 0.4) is 0 Å². The van der Waals surface area contributed by atoms with Gasteiger partial charge in [0.2, 0.25) is 0 Å². The van der Waals surface area contributed by atoms with Crippen LogP contribution < -0.4 is 11.1 Å². The van der Waals surface area contributed by atoms with Gasteiger partial charge in [0.05, 0.1) is 12.7 Å². The van der Waals surface area contributed by atoms with Crippen molar-refractivity contribution in [2.75, 3.05) is 65.9 Å². The third-order valence-electron chi connectivity index (χ3n) is 4.40. The molecule has 2 fully saturated rings. The number of hydrogen-bond acceptors (Lipinski definition) is 6. The molecule has 0 unspecified atom stereocenters. The van der Waals surface area contributed by atoms with Crippen LogP contribution in [0.25, 0.3) is 0 Å². The van der Waals surface area contributed by atoms with Crippen molar-refractivity contribution in [2.45, 2.75) is 32.3 Å². The summed E-state index contributed by atoms with van der Waals surface area (Å²) in [5.41, 5.74) is 5.55. The number of ether oxygens (including phenoxy) is 2. The summed E-state index contributed by atoms with van der Waals surface area (Å²) in [7, 11) is 0. The highest BCUT2D eigenvalue weighted by molar-refractivity contribution is 4.80. The van der Waals surface area contributed by atoms with Gasteiger partial charge in [0.15, 0.2) is 0 Å². The lowest BCUT2D eigenvalue weighted by Gasteiger charge is -2.39. The zero-order valence-corrected chi connectivity index (χ0v) is 14.1. The molecular formula is C16H34N4O2. The maximum atomic E-state index is 5.76. The summed E-state index contributed by atoms with van der Waals surface area (Å²) in [6, 6.07) is 0. The van der Waals surface area contributed by atoms with E-state index in [-0.39, 0.29) is 0 Å². The summed E-state index contributed by atoms with van der Waals surface area (Å²) in [5.74, 6) is 0.697. The van der Waals surface area contributed by atoms with Gasteiger partial charge in [-0.15, -0.1) is 0 Å². The molecule has 0 aromatic rings. The average molecular weight is 314 g/mol. The molecule has 0 atom stereocenters. The minimum Gasteiger partial charge on any atom is -0.381 e. The number of likely N-dealkylation sites (tertiary alicyclic amines) is 2. The third-order valence-corrected chi connectivity index (χ3v) is 4.40. The quantitative estimate of drug-likeness (QED) is 0.477. The van der Waals surface area contributed by atoms with E-state index < -0.39 is 0 Å². The van der Waals surface area contributed by atoms with Gasteiger partial charge < -0.3 is 20.5 Å². The van der Waals surface area contributed by atoms with Crippen molar-refractivity contribution in [1.29, 1.82) is 0 Å². The first kappa shape index (κ1) is 18.1. The Morgan fingerprint density at radius 1 is 1.09 bits per heavy atom. The summed E-state index contributed by atoms with van der Waals surface area (Å²) in [6.07, 6.45) is 3.94. The highest BCUT2D eigenvalue weighted by atomic mass is 16.5. The Bertz CT molecular complexity index is 281. The Morgan fingerprint density at radius 3 is 2.64 bits per heavy atom. The van der Waals surface area contributed by atoms with Gasteiger partial charge in [0.1, 0.15) is 0 Å². The van der Waals surface area contributed by atoms with Crippen LogP contribution in [-0.4, -0.2) is 81.8 Å². The molecular weight excluding hydrogens is 280 g/mol. The van der Waals surface area contributed by atoms with Crippen LogP contribution in [0, 0.1) is 5.92 Å². The molecule has 0 bridgehead atoms. The largest absolute Gasteiger partial charge is 0.381 e. The smallest absolute Gasteiger partial charge is 0.0829 e. The van der Waals surface area contributed by atoms with Crippen molar-refractivity contribution < 1.29 is 9.47 Å². The molecule has 2 rings (SSSR count). The Balaban J connectivity index is 1.29. The molecule has 6 heteroatoms. The predicted molar refractivity (Wildman–Crippen MR) is 88.6 cm³/mol. The van der Waals surface area contributed by atoms with E-state index in [0.717, 1.165) is 65.6 Å². The second-order valence-electron chi connectivity index (χ2n) is 6.55. The Hall–Kier alpha value is -0.240. The molecule has 3 N–H and O–H groups in total. The van der Waals surface area contributed by atoms with E-state index in [4.69, 9.17) is 15.2 Å². The molecule has 0 aromatic heterocycles. The maximum Gasteiger partial charge on any atom is 0.0829 e. The van der Waals surface area contributed by atoms with Crippen LogP contribution in [0.15, 0.2) is 0 Å². The monoisotopic (exact) mass is 314 g/mol. The number of nitrogens with one attached hydrogen (secondary N) is 1. The van der Waals surface area contributed by atoms with Gasteiger partial charge in [-0.1, -0.05) is 13.3 Å². The molecule has 22 heavy (non-hydrogen) atoms. The predicted octanol–water partition coefficient (Wildman–Crippen LogP) is 0.289. The van der Waals surface area contributed by atoms with E-state index in [1.807, 2.05) is 0 Å². The zero-order chi connectivity index (χ0) is 15.6. The van der Waals surface area contributed by atoms with Crippen LogP contribution >= 0.6 is 0 Å². The lowest BCUT2D eigenvalue weighted by molar-refractivity contribution is -0.0577. The Kier molecular flexibility index (Phi) is 8.66. The van der Waals surface area contributed by atoms with Crippen molar-refractivity contribution in [1.82, 2.24) is 15.1 Å². The van der Waals surface area contributed by atoms with E-state index >= 15 is 0 Å². The van der Waals surface area contributed by atoms with E-state index in [9.17, 15) is 0 Å². The lowest BCUT2D eigenvalue weighted by Crippen LogP contribution is -2.55. The van der Waals surface area contributed by atoms with E-state index in [2.05, 4.69) is 22.0 Å². The van der Waals surface area contributed by atoms with Crippen molar-refractivity contribution in [2.24, 2.45) is 11.7 Å². The van der Waals surface area contributed by atoms with Crippen LogP contribution in [-0.2, 0) is 9.47 Å². The van der Waals surface area contributed by atoms with Gasteiger partial charge in [-0.05, 0) is 19.4 Å². The third kappa shape index (κ3) is 6.48. The second-order valence-corrected chi connectivity index (χ2v) is 6.55. The van der Waals surface area contributed by atoms with Gasteiger partial charge in [0.25, 0.3) is 0 Å². The number of rotatable bonds is 13. The molecule has 2 aliphatic rings. The van der Waals surface area contributed by atoms with E-state index in [1.165, 1.54) is 12.8 Å². The summed E-state index contributed by atoms with van der Waals surface area (Å²) in [4.78, 5) is 4.63. The van der Waals surface area contributed by atoms with Gasteiger partial charge in [-0.2, -0.15) is 0 Å². The first-order chi connectivity index (χ1) is 10.8. The molecule has 0 radical (unpaired) electrons. The fraction of sp³-hybridized carbons (Fsp3) is 1.00. The number of nitrogens with zero attached hydrogens (tertiary/aromatic N) is 2. The number of hydrogen-bond donors (Lipinski definition) is 2. The van der Waals surface area contributed by atoms with Gasteiger partial charge >= 0.3 is 0 Å². The SMILES string of the molecule is CCCCOC1CN(CNCCCOCC2CN(CN)C2)C1. The fourth-order valence-corrected chi connectivity index (χ4v) is 2.87. The molecule has 0 saturated carbocycles. The van der Waals surface area contributed by atoms with Crippen LogP contribution in [0.1, 0.15) is 26.2 Å². The minimum absolute atomic E-state index is 0.465. The van der Waals surface area contributed by atoms with E-state index in [0.29, 0.717) is 18.7 Å². The van der Waals surface area contributed by atoms with Crippen LogP contribution in [0.2, 0.25) is 0 Å². The molecule has 0 amide bonds. The summed E-state index contributed by atoms with van der Waals surface area (Å²) in [5, 5.41) is 3.47. The van der Waals surface area contributed by atoms with Crippen LogP contribution in [0.4, 0.5) is 0 Å². The second kappa shape index (κ2) is 10.5. The van der Waals surface area contributed by atoms with E-state index in [1.54, 1.807) is 0 Å². The maximum absolute atomic E-state index is 5.76.